The molecule has 1 aromatic heterocycles. The van der Waals surface area contributed by atoms with Gasteiger partial charge in [0, 0.05) is 10.9 Å². The number of hydrogen-bond donors (Lipinski definition) is 2. The Morgan fingerprint density at radius 3 is 2.62 bits per heavy atom. The number of halogens is 1. The number of aromatic nitrogens is 2. The van der Waals surface area contributed by atoms with Gasteiger partial charge < -0.3 is 10.5 Å². The van der Waals surface area contributed by atoms with Gasteiger partial charge >= 0.3 is 0 Å². The largest absolute Gasteiger partial charge is 0.497 e. The number of ether oxygens (including phenoxy) is 1. The van der Waals surface area contributed by atoms with Gasteiger partial charge in [0.2, 0.25) is 5.96 Å². The zero-order chi connectivity index (χ0) is 18.7. The number of nitrogens with zero attached hydrogens (tertiary/aromatic N) is 3. The first kappa shape index (κ1) is 17.3. The summed E-state index contributed by atoms with van der Waals surface area (Å²) >= 11 is 0. The standard InChI is InChI=1S/C18H16FN5O2/c1-10-14-9-13(26-2)7-8-15(14)22-18(21-10)24-17(20)23-16(25)11-3-5-12(19)6-4-11/h3-9H,1-2H3,(H3,20,21,22,23,24,25). The van der Waals surface area contributed by atoms with Gasteiger partial charge in [-0.05, 0) is 49.4 Å². The van der Waals surface area contributed by atoms with E-state index in [1.807, 2.05) is 13.0 Å². The van der Waals surface area contributed by atoms with E-state index < -0.39 is 11.7 Å². The number of aliphatic imine (C=N–C) groups is 1. The molecule has 7 nitrogen and oxygen atoms in total. The van der Waals surface area contributed by atoms with Gasteiger partial charge in [0.25, 0.3) is 11.9 Å². The van der Waals surface area contributed by atoms with Gasteiger partial charge in [-0.15, -0.1) is 0 Å². The van der Waals surface area contributed by atoms with Crippen LogP contribution in [0.1, 0.15) is 16.1 Å². The number of methoxy groups -OCH3 is 1. The molecule has 132 valence electrons. The lowest BCUT2D eigenvalue weighted by Gasteiger charge is -2.07. The third kappa shape index (κ3) is 3.75. The van der Waals surface area contributed by atoms with Crippen LogP contribution in [0, 0.1) is 12.7 Å². The lowest BCUT2D eigenvalue weighted by molar-refractivity contribution is 0.0976. The predicted octanol–water partition coefficient (Wildman–Crippen LogP) is 2.46. The molecule has 3 rings (SSSR count). The number of carbonyl (C=O) groups excluding carboxylic acids is 1. The van der Waals surface area contributed by atoms with Crippen molar-refractivity contribution >= 4 is 28.7 Å². The van der Waals surface area contributed by atoms with Gasteiger partial charge in [-0.1, -0.05) is 0 Å². The predicted molar refractivity (Wildman–Crippen MR) is 96.0 cm³/mol. The number of nitrogens with two attached hydrogens (primary N) is 1. The molecule has 3 N–H and O–H groups in total. The zero-order valence-electron chi connectivity index (χ0n) is 14.2. The van der Waals surface area contributed by atoms with Gasteiger partial charge in [0.1, 0.15) is 11.6 Å². The van der Waals surface area contributed by atoms with Crippen LogP contribution in [-0.2, 0) is 0 Å². The van der Waals surface area contributed by atoms with E-state index in [2.05, 4.69) is 20.3 Å². The number of amides is 1. The number of hydrogen-bond acceptors (Lipinski definition) is 5. The Morgan fingerprint density at radius 1 is 1.19 bits per heavy atom. The minimum absolute atomic E-state index is 0.122. The highest BCUT2D eigenvalue weighted by atomic mass is 19.1. The maximum absolute atomic E-state index is 12.9. The molecule has 0 saturated heterocycles. The first-order valence-corrected chi connectivity index (χ1v) is 7.70. The minimum Gasteiger partial charge on any atom is -0.497 e. The summed E-state index contributed by atoms with van der Waals surface area (Å²) < 4.78 is 18.1. The molecular weight excluding hydrogens is 337 g/mol. The summed E-state index contributed by atoms with van der Waals surface area (Å²) in [7, 11) is 1.58. The van der Waals surface area contributed by atoms with E-state index in [4.69, 9.17) is 10.5 Å². The molecule has 0 saturated carbocycles. The Labute approximate surface area is 148 Å². The van der Waals surface area contributed by atoms with Crippen molar-refractivity contribution in [2.75, 3.05) is 7.11 Å². The number of carbonyl (C=O) groups is 1. The Kier molecular flexibility index (Phi) is 4.74. The lowest BCUT2D eigenvalue weighted by Crippen LogP contribution is -2.36. The molecule has 0 aliphatic rings. The van der Waals surface area contributed by atoms with Gasteiger partial charge in [-0.25, -0.2) is 14.4 Å². The Morgan fingerprint density at radius 2 is 1.92 bits per heavy atom. The molecule has 0 bridgehead atoms. The number of guanidine groups is 1. The molecular formula is C18H16FN5O2. The fourth-order valence-electron chi connectivity index (χ4n) is 2.35. The smallest absolute Gasteiger partial charge is 0.257 e. The second kappa shape index (κ2) is 7.14. The maximum Gasteiger partial charge on any atom is 0.257 e. The summed E-state index contributed by atoms with van der Waals surface area (Å²) in [5, 5.41) is 3.25. The van der Waals surface area contributed by atoms with E-state index in [0.29, 0.717) is 17.0 Å². The van der Waals surface area contributed by atoms with E-state index in [-0.39, 0.29) is 17.5 Å². The average Bonchev–Trinajstić information content (AvgIpc) is 2.62. The summed E-state index contributed by atoms with van der Waals surface area (Å²) in [6.45, 7) is 1.82. The van der Waals surface area contributed by atoms with E-state index >= 15 is 0 Å². The molecule has 0 aliphatic heterocycles. The molecule has 3 aromatic rings. The highest BCUT2D eigenvalue weighted by Crippen LogP contribution is 2.23. The summed E-state index contributed by atoms with van der Waals surface area (Å²) in [4.78, 5) is 24.7. The van der Waals surface area contributed by atoms with Crippen molar-refractivity contribution in [3.63, 3.8) is 0 Å². The van der Waals surface area contributed by atoms with Gasteiger partial charge in [-0.3, -0.25) is 10.1 Å². The third-order valence-electron chi connectivity index (χ3n) is 3.65. The van der Waals surface area contributed by atoms with Gasteiger partial charge in [0.05, 0.1) is 18.3 Å². The summed E-state index contributed by atoms with van der Waals surface area (Å²) in [5.74, 6) is -0.274. The monoisotopic (exact) mass is 353 g/mol. The van der Waals surface area contributed by atoms with E-state index in [9.17, 15) is 9.18 Å². The first-order valence-electron chi connectivity index (χ1n) is 7.70. The van der Waals surface area contributed by atoms with Crippen LogP contribution in [0.2, 0.25) is 0 Å². The van der Waals surface area contributed by atoms with Crippen LogP contribution in [0.3, 0.4) is 0 Å². The Hall–Kier alpha value is -3.55. The molecule has 1 heterocycles. The molecule has 0 aliphatic carbocycles. The Balaban J connectivity index is 1.84. The van der Waals surface area contributed by atoms with Crippen molar-refractivity contribution in [2.45, 2.75) is 6.92 Å². The summed E-state index contributed by atoms with van der Waals surface area (Å²) in [6, 6.07) is 10.5. The SMILES string of the molecule is COc1ccc2nc(/N=C(/N)NC(=O)c3ccc(F)cc3)nc(C)c2c1. The van der Waals surface area contributed by atoms with Crippen molar-refractivity contribution < 1.29 is 13.9 Å². The average molecular weight is 353 g/mol. The number of aryl methyl sites for hydroxylation is 1. The fourth-order valence-corrected chi connectivity index (χ4v) is 2.35. The molecule has 0 radical (unpaired) electrons. The lowest BCUT2D eigenvalue weighted by atomic mass is 10.2. The van der Waals surface area contributed by atoms with E-state index in [0.717, 1.165) is 5.39 Å². The zero-order valence-corrected chi connectivity index (χ0v) is 14.2. The van der Waals surface area contributed by atoms with Crippen LogP contribution >= 0.6 is 0 Å². The van der Waals surface area contributed by atoms with Crippen molar-refractivity contribution in [3.05, 3.63) is 59.5 Å². The molecule has 0 fully saturated rings. The highest BCUT2D eigenvalue weighted by Gasteiger charge is 2.09. The van der Waals surface area contributed by atoms with Crippen LogP contribution in [0.4, 0.5) is 10.3 Å². The molecule has 2 aromatic carbocycles. The van der Waals surface area contributed by atoms with E-state index in [1.54, 1.807) is 19.2 Å². The molecule has 26 heavy (non-hydrogen) atoms. The normalized spacial score (nSPS) is 11.4. The molecule has 1 amide bonds. The third-order valence-corrected chi connectivity index (χ3v) is 3.65. The van der Waals surface area contributed by atoms with Crippen LogP contribution in [0.25, 0.3) is 10.9 Å². The van der Waals surface area contributed by atoms with Crippen molar-refractivity contribution in [1.82, 2.24) is 15.3 Å². The number of nitrogens with one attached hydrogen (secondary N) is 1. The molecule has 8 heteroatoms. The number of fused-ring (bicyclic) bond motifs is 1. The fraction of sp³-hybridized carbons (Fsp3) is 0.111. The van der Waals surface area contributed by atoms with Crippen molar-refractivity contribution in [2.24, 2.45) is 10.7 Å². The molecule has 0 unspecified atom stereocenters. The maximum atomic E-state index is 12.9. The van der Waals surface area contributed by atoms with Crippen LogP contribution < -0.4 is 15.8 Å². The van der Waals surface area contributed by atoms with Crippen LogP contribution in [0.5, 0.6) is 5.75 Å². The highest BCUT2D eigenvalue weighted by molar-refractivity contribution is 6.05. The minimum atomic E-state index is -0.506. The van der Waals surface area contributed by atoms with Crippen molar-refractivity contribution in [3.8, 4) is 5.75 Å². The first-order chi connectivity index (χ1) is 12.5. The molecule has 0 atom stereocenters. The van der Waals surface area contributed by atoms with Gasteiger partial charge in [-0.2, -0.15) is 4.99 Å². The topological polar surface area (TPSA) is 102 Å². The van der Waals surface area contributed by atoms with E-state index in [1.165, 1.54) is 24.3 Å². The summed E-state index contributed by atoms with van der Waals surface area (Å²) in [6.07, 6.45) is 0. The second-order valence-electron chi connectivity index (χ2n) is 5.45. The van der Waals surface area contributed by atoms with Crippen molar-refractivity contribution in [1.29, 1.82) is 0 Å². The number of rotatable bonds is 3. The molecule has 0 spiro atoms. The van der Waals surface area contributed by atoms with Crippen LogP contribution in [0.15, 0.2) is 47.5 Å². The number of benzene rings is 2. The van der Waals surface area contributed by atoms with Gasteiger partial charge in [0.15, 0.2) is 0 Å². The second-order valence-corrected chi connectivity index (χ2v) is 5.45. The summed E-state index contributed by atoms with van der Waals surface area (Å²) in [5.41, 5.74) is 7.39. The quantitative estimate of drug-likeness (QED) is 0.556. The van der Waals surface area contributed by atoms with Crippen LogP contribution in [-0.4, -0.2) is 28.9 Å². The Bertz CT molecular complexity index is 1000.